The number of ketones is 4. The summed E-state index contributed by atoms with van der Waals surface area (Å²) in [6.45, 7) is 7.38. The van der Waals surface area contributed by atoms with Crippen LogP contribution in [0.1, 0.15) is 229 Å². The van der Waals surface area contributed by atoms with Crippen molar-refractivity contribution in [2.45, 2.75) is 246 Å². The number of unbranched alkanes of at least 4 members (excludes halogenated alkanes) is 7. The number of thioether (sulfide) groups is 2. The van der Waals surface area contributed by atoms with Crippen molar-refractivity contribution in [3.05, 3.63) is 52.6 Å². The maximum atomic E-state index is 14.4. The molecule has 3 aromatic rings. The zero-order valence-corrected chi connectivity index (χ0v) is 79.4. The topological polar surface area (TPSA) is 520 Å². The maximum absolute atomic E-state index is 14.4. The van der Waals surface area contributed by atoms with Crippen LogP contribution in [0.15, 0.2) is 30.3 Å². The van der Waals surface area contributed by atoms with Crippen LogP contribution < -0.4 is 61.8 Å². The highest BCUT2D eigenvalue weighted by Crippen LogP contribution is 2.38. The molecule has 0 spiro atoms. The van der Waals surface area contributed by atoms with Gasteiger partial charge in [-0.25, -0.2) is 9.59 Å². The summed E-state index contributed by atoms with van der Waals surface area (Å²) in [5.74, 6) is 0.326. The number of nitrogens with zero attached hydrogens (tertiary/aromatic N) is 6. The number of amides is 6. The van der Waals surface area contributed by atoms with Gasteiger partial charge in [0, 0.05) is 167 Å². The minimum absolute atomic E-state index is 0.0174. The van der Waals surface area contributed by atoms with Gasteiger partial charge in [-0.3, -0.25) is 42.4 Å². The van der Waals surface area contributed by atoms with E-state index in [0.29, 0.717) is 246 Å². The molecule has 10 rings (SSSR count). The number of fused-ring (bicyclic) bond motifs is 2. The van der Waals surface area contributed by atoms with Gasteiger partial charge in [-0.1, -0.05) is 12.8 Å². The first kappa shape index (κ1) is 106. The minimum atomic E-state index is -4.37. The predicted molar refractivity (Wildman–Crippen MR) is 498 cm³/mol. The number of carbonyl (C=O) groups excluding carboxylic acids is 8. The molecule has 0 radical (unpaired) electrons. The summed E-state index contributed by atoms with van der Waals surface area (Å²) in [6, 6.07) is 8.04. The van der Waals surface area contributed by atoms with Gasteiger partial charge in [0.1, 0.15) is 11.6 Å². The highest BCUT2D eigenvalue weighted by atomic mass is 32.2. The molecular weight excluding hydrogens is 1800 g/mol. The van der Waals surface area contributed by atoms with Crippen LogP contribution in [-0.4, -0.2) is 308 Å². The number of benzene rings is 2. The highest BCUT2D eigenvalue weighted by Gasteiger charge is 2.44. The van der Waals surface area contributed by atoms with Crippen molar-refractivity contribution in [2.75, 3.05) is 181 Å². The van der Waals surface area contributed by atoms with Crippen LogP contribution in [0.25, 0.3) is 0 Å². The molecule has 0 aliphatic carbocycles. The Morgan fingerprint density at radius 2 is 0.832 bits per heavy atom. The Balaban J connectivity index is 0.670. The molecule has 7 aliphatic heterocycles. The summed E-state index contributed by atoms with van der Waals surface area (Å²) < 4.78 is 144. The third-order valence-corrected chi connectivity index (χ3v) is 29.7. The standard InChI is InChI=1S/C88H137N13O25S5/c89-67-28-34-100(35-29-67)85-96-84(97-86(98-85)101-36-30-68(31-37-101)90-83(107)66-55-63(17-9-14-52-129(110,111)112)81(126-43-16-54-131(116,117)118)76(59-66)125-42-15-53-130(113,114)115)99-32-26-62(27-33-99)82(106)91-69-57-64(74(104)22-7-12-40-121-46-50-123-48-44-119-38-10-5-20-70(102)18-1-3-24-77-79-72(60-127-77)92-87(108)94-79)56-65(58-69)75(105)23-8-13-41-122-47-51-124-49-45-120-39-11-6-21-71(103)19-2-4-25-78-80-73(61-128-78)93-88(109)95-80/h55-59,62,67-68,72-73,77-80H,1-54,60-61,89H2,(H,90,107)(H,91,106)(H2,92,94,108)(H2,93,95,109)(H,110,111,112)(H,113,114,115)(H,116,117,118). The number of urea groups is 2. The van der Waals surface area contributed by atoms with E-state index in [9.17, 15) is 77.3 Å². The molecule has 0 saturated carbocycles. The molecule has 38 nitrogen and oxygen atoms in total. The fourth-order valence-corrected chi connectivity index (χ4v) is 21.6. The number of Topliss-reactive ketones (excluding diaryl/α,β-unsaturated/α-hetero) is 4. The van der Waals surface area contributed by atoms with E-state index in [0.717, 1.165) is 88.6 Å². The summed E-state index contributed by atoms with van der Waals surface area (Å²) >= 11 is 3.78. The van der Waals surface area contributed by atoms with Gasteiger partial charge >= 0.3 is 12.1 Å². The van der Waals surface area contributed by atoms with Gasteiger partial charge in [0.05, 0.1) is 107 Å². The van der Waals surface area contributed by atoms with Crippen LogP contribution in [0.3, 0.4) is 0 Å². The maximum Gasteiger partial charge on any atom is 0.315 e. The molecule has 7 aliphatic rings. The molecule has 7 fully saturated rings. The lowest BCUT2D eigenvalue weighted by molar-refractivity contribution is -0.121. The molecule has 6 amide bonds. The number of rotatable bonds is 66. The zero-order valence-electron chi connectivity index (χ0n) is 75.3. The Bertz CT molecular complexity index is 4330. The van der Waals surface area contributed by atoms with Crippen molar-refractivity contribution < 1.29 is 115 Å². The number of nitrogens with one attached hydrogen (secondary N) is 6. The number of hydrogen-bond donors (Lipinski definition) is 10. The van der Waals surface area contributed by atoms with Crippen LogP contribution in [0.2, 0.25) is 0 Å². The first-order valence-electron chi connectivity index (χ1n) is 46.8. The van der Waals surface area contributed by atoms with Crippen molar-refractivity contribution in [1.29, 1.82) is 0 Å². The van der Waals surface area contributed by atoms with E-state index in [1.54, 1.807) is 18.2 Å². The van der Waals surface area contributed by atoms with Gasteiger partial charge < -0.3 is 90.2 Å². The Kier molecular flexibility index (Phi) is 45.0. The molecule has 6 atom stereocenters. The van der Waals surface area contributed by atoms with E-state index in [1.807, 2.05) is 33.3 Å². The first-order chi connectivity index (χ1) is 63.0. The Morgan fingerprint density at radius 3 is 1.27 bits per heavy atom. The lowest BCUT2D eigenvalue weighted by Gasteiger charge is -2.36. The minimum Gasteiger partial charge on any atom is -0.490 e. The number of piperidine rings is 3. The van der Waals surface area contributed by atoms with Crippen LogP contribution in [0, 0.1) is 5.92 Å². The van der Waals surface area contributed by atoms with Crippen molar-refractivity contribution >= 4 is 124 Å². The quantitative estimate of drug-likeness (QED) is 0.0110. The molecule has 8 heterocycles. The summed E-state index contributed by atoms with van der Waals surface area (Å²) in [7, 11) is -13.0. The van der Waals surface area contributed by atoms with Crippen molar-refractivity contribution in [2.24, 2.45) is 11.7 Å². The fourth-order valence-electron chi connectivity index (χ4n) is 16.9. The van der Waals surface area contributed by atoms with Crippen LogP contribution in [0.4, 0.5) is 33.1 Å². The van der Waals surface area contributed by atoms with Crippen molar-refractivity contribution in [1.82, 2.24) is 41.5 Å². The third kappa shape index (κ3) is 38.8. The van der Waals surface area contributed by atoms with Gasteiger partial charge in [0.2, 0.25) is 23.8 Å². The molecule has 43 heteroatoms. The van der Waals surface area contributed by atoms with E-state index in [2.05, 4.69) is 36.8 Å². The average Bonchev–Trinajstić information content (AvgIpc) is 1.55. The van der Waals surface area contributed by atoms with E-state index in [-0.39, 0.29) is 153 Å². The van der Waals surface area contributed by atoms with Gasteiger partial charge in [-0.2, -0.15) is 63.7 Å². The van der Waals surface area contributed by atoms with Gasteiger partial charge in [0.15, 0.2) is 23.1 Å². The van der Waals surface area contributed by atoms with Gasteiger partial charge in [0.25, 0.3) is 36.3 Å². The monoisotopic (exact) mass is 1940 g/mol. The third-order valence-electron chi connectivity index (χ3n) is 24.2. The predicted octanol–water partition coefficient (Wildman–Crippen LogP) is 8.31. The van der Waals surface area contributed by atoms with Gasteiger partial charge in [-0.05, 0) is 184 Å². The van der Waals surface area contributed by atoms with Gasteiger partial charge in [-0.15, -0.1) is 0 Å². The SMILES string of the molecule is NC1CCN(c2nc(N3CCC(NC(=O)c4cc(CCCCS(=O)(=O)O)c(OCCCS(=O)(=O)O)c(OCCCS(=O)(=O)O)c4)CC3)nc(N3CCC(C(=O)Nc4cc(C(=O)CCCCOCCOCCOCCCCC(=O)CCCCC5SCC6NC(=O)NC65)cc(C(=O)CCCCOCCOCCOCCCCC(=O)CCCCC5SCC6NC(=O)NC65)c4)CC3)n2)CC1. The fraction of sp³-hybridized carbons (Fsp3) is 0.739. The Morgan fingerprint density at radius 1 is 0.435 bits per heavy atom. The van der Waals surface area contributed by atoms with Crippen LogP contribution in [0.5, 0.6) is 11.5 Å². The van der Waals surface area contributed by atoms with Crippen LogP contribution in [-0.2, 0) is 79.6 Å². The molecule has 7 saturated heterocycles. The smallest absolute Gasteiger partial charge is 0.315 e. The number of aromatic nitrogens is 3. The summed E-state index contributed by atoms with van der Waals surface area (Å²) in [4.78, 5) is 126. The van der Waals surface area contributed by atoms with Crippen LogP contribution >= 0.6 is 23.5 Å². The molecule has 1 aromatic heterocycles. The number of aryl methyl sites for hydroxylation is 1. The largest absolute Gasteiger partial charge is 0.490 e. The summed E-state index contributed by atoms with van der Waals surface area (Å²) in [5.41, 5.74) is 7.75. The molecule has 11 N–H and O–H groups in total. The molecule has 2 aromatic carbocycles. The average molecular weight is 1940 g/mol. The normalized spacial score (nSPS) is 19.7. The number of anilines is 4. The number of carbonyl (C=O) groups is 8. The Labute approximate surface area is 778 Å². The number of ether oxygens (including phenoxy) is 8. The molecule has 0 bridgehead atoms. The molecule has 734 valence electrons. The Hall–Kier alpha value is -7.24. The van der Waals surface area contributed by atoms with Crippen molar-refractivity contribution in [3.63, 3.8) is 0 Å². The molecular formula is C88H137N13O25S5. The van der Waals surface area contributed by atoms with E-state index in [4.69, 9.17) is 58.6 Å². The van der Waals surface area contributed by atoms with E-state index in [1.165, 1.54) is 12.1 Å². The van der Waals surface area contributed by atoms with E-state index < -0.39 is 59.4 Å². The second-order valence-electron chi connectivity index (χ2n) is 34.7. The molecule has 131 heavy (non-hydrogen) atoms. The number of hydrogen-bond acceptors (Lipinski definition) is 31. The lowest BCUT2D eigenvalue weighted by atomic mass is 9.95. The highest BCUT2D eigenvalue weighted by molar-refractivity contribution is 8.00. The second kappa shape index (κ2) is 55.7. The number of nitrogens with two attached hydrogens (primary N) is 1. The summed E-state index contributed by atoms with van der Waals surface area (Å²) in [6.07, 6.45) is 16.7. The summed E-state index contributed by atoms with van der Waals surface area (Å²) in [5, 5.41) is 19.0. The van der Waals surface area contributed by atoms with Crippen molar-refractivity contribution in [3.8, 4) is 11.5 Å². The van der Waals surface area contributed by atoms with E-state index >= 15 is 0 Å². The molecule has 6 unspecified atom stereocenters. The first-order valence-corrected chi connectivity index (χ1v) is 53.7. The zero-order chi connectivity index (χ0) is 93.4. The lowest BCUT2D eigenvalue weighted by Crippen LogP contribution is -2.46. The second-order valence-corrected chi connectivity index (χ2v) is 41.9.